The third kappa shape index (κ3) is 15.5. The Labute approximate surface area is 423 Å². The van der Waals surface area contributed by atoms with Crippen LogP contribution in [0.4, 0.5) is 0 Å². The molecule has 0 aliphatic rings. The Hall–Kier alpha value is -5.16. The van der Waals surface area contributed by atoms with E-state index in [0.717, 1.165) is 0 Å². The van der Waals surface area contributed by atoms with E-state index in [1.165, 1.54) is 97.1 Å². The van der Waals surface area contributed by atoms with Gasteiger partial charge in [-0.1, -0.05) is 0 Å². The summed E-state index contributed by atoms with van der Waals surface area (Å²) in [7, 11) is -19.7. The summed E-state index contributed by atoms with van der Waals surface area (Å²) in [4.78, 5) is 122. The van der Waals surface area contributed by atoms with Crippen molar-refractivity contribution in [3.63, 3.8) is 0 Å². The number of hydrogen-bond donors (Lipinski definition) is 16. The minimum absolute atomic E-state index is 0.139. The molecule has 0 heterocycles. The molecule has 0 saturated carbocycles. The molecular weight excluding hydrogens is 1020 g/mol. The molecule has 73 heavy (non-hydrogen) atoms. The molecule has 8 aromatic rings. The van der Waals surface area contributed by atoms with Gasteiger partial charge in [-0.3, -0.25) is 0 Å². The molecule has 0 saturated heterocycles. The van der Waals surface area contributed by atoms with Crippen molar-refractivity contribution in [1.29, 1.82) is 0 Å². The normalized spacial score (nSPS) is 13.8. The molecule has 8 aromatic carbocycles. The fourth-order valence-electron chi connectivity index (χ4n) is 6.52. The van der Waals surface area contributed by atoms with Crippen molar-refractivity contribution in [2.24, 2.45) is 5.41 Å². The first kappa shape index (κ1) is 60.4. The second-order valence-corrected chi connectivity index (χ2v) is 28.7. The fourth-order valence-corrected chi connectivity index (χ4v) is 13.5. The van der Waals surface area contributed by atoms with Gasteiger partial charge in [-0.15, -0.1) is 0 Å². The average molecular weight is 1080 g/mol. The summed E-state index contributed by atoms with van der Waals surface area (Å²) in [5.41, 5.74) is -1.11. The monoisotopic (exact) mass is 1080 g/mol. The van der Waals surface area contributed by atoms with Crippen LogP contribution in [0.3, 0.4) is 0 Å². The Morgan fingerprint density at radius 1 is 0.192 bits per heavy atom. The molecule has 0 aromatic heterocycles. The van der Waals surface area contributed by atoms with Gasteiger partial charge in [-0.25, -0.2) is 0 Å². The second kappa shape index (κ2) is 24.5. The first-order valence-corrected chi connectivity index (χ1v) is 30.5. The molecule has 0 spiro atoms. The van der Waals surface area contributed by atoms with E-state index in [4.69, 9.17) is 20.4 Å². The van der Waals surface area contributed by atoms with E-state index in [0.29, 0.717) is 0 Å². The zero-order valence-corrected chi connectivity index (χ0v) is 42.9. The molecular formula is C53H64O16P4. The van der Waals surface area contributed by atoms with E-state index in [-0.39, 0.29) is 42.4 Å². The van der Waals surface area contributed by atoms with Gasteiger partial charge in [0.2, 0.25) is 0 Å². The Morgan fingerprint density at radius 2 is 0.288 bits per heavy atom. The predicted octanol–water partition coefficient (Wildman–Crippen LogP) is 1.59. The van der Waals surface area contributed by atoms with Crippen LogP contribution in [0.2, 0.25) is 0 Å². The summed E-state index contributed by atoms with van der Waals surface area (Å²) in [5, 5.41) is 35.1. The van der Waals surface area contributed by atoms with E-state index in [9.17, 15) is 58.7 Å². The molecule has 16 N–H and O–H groups in total. The van der Waals surface area contributed by atoms with Gasteiger partial charge in [0.1, 0.15) is 0 Å². The molecule has 0 atom stereocenters. The van der Waals surface area contributed by atoms with Gasteiger partial charge < -0.3 is 20.4 Å². The first-order valence-electron chi connectivity index (χ1n) is 22.2. The number of aliphatic hydroxyl groups excluding tert-OH is 4. The molecule has 0 fully saturated rings. The van der Waals surface area contributed by atoms with Crippen LogP contribution in [0.1, 0.15) is 0 Å². The van der Waals surface area contributed by atoms with Crippen LogP contribution in [0.5, 0.6) is 0 Å². The summed E-state index contributed by atoms with van der Waals surface area (Å²) in [5.74, 6) is 0. The second-order valence-electron chi connectivity index (χ2n) is 16.7. The van der Waals surface area contributed by atoms with E-state index in [1.807, 2.05) is 0 Å². The Bertz CT molecular complexity index is 2270. The van der Waals surface area contributed by atoms with Crippen molar-refractivity contribution in [3.05, 3.63) is 243 Å². The van der Waals surface area contributed by atoms with Crippen LogP contribution in [-0.2, 0) is 0 Å². The van der Waals surface area contributed by atoms with E-state index < -0.39 is 61.0 Å². The molecule has 0 radical (unpaired) electrons. The van der Waals surface area contributed by atoms with Gasteiger partial charge in [0.05, 0.1) is 31.8 Å². The first-order chi connectivity index (χ1) is 34.2. The van der Waals surface area contributed by atoms with Crippen molar-refractivity contribution in [3.8, 4) is 0 Å². The van der Waals surface area contributed by atoms with Crippen molar-refractivity contribution < 1.29 is 79.1 Å². The molecule has 16 nitrogen and oxygen atoms in total. The summed E-state index contributed by atoms with van der Waals surface area (Å²) in [6.07, 6.45) is 0. The molecule has 8 rings (SSSR count). The number of hydrogen-bond acceptors (Lipinski definition) is 16. The molecule has 20 heteroatoms. The van der Waals surface area contributed by atoms with Crippen LogP contribution >= 0.6 is 29.1 Å². The van der Waals surface area contributed by atoms with Crippen molar-refractivity contribution in [1.82, 2.24) is 0 Å². The van der Waals surface area contributed by atoms with Crippen molar-refractivity contribution >= 4 is 71.6 Å². The predicted molar refractivity (Wildman–Crippen MR) is 294 cm³/mol. The van der Waals surface area contributed by atoms with Crippen LogP contribution < -0.4 is 42.4 Å². The zero-order valence-electron chi connectivity index (χ0n) is 39.4. The maximum absolute atomic E-state index is 10.2. The fraction of sp³-hybridized carbons (Fsp3) is 0.0943. The van der Waals surface area contributed by atoms with Crippen molar-refractivity contribution in [2.45, 2.75) is 0 Å². The number of benzene rings is 8. The Morgan fingerprint density at radius 3 is 0.356 bits per heavy atom. The van der Waals surface area contributed by atoms with E-state index in [1.54, 1.807) is 146 Å². The summed E-state index contributed by atoms with van der Waals surface area (Å²) in [6.45, 7) is -1.62. The van der Waals surface area contributed by atoms with Gasteiger partial charge in [0, 0.05) is 0 Å². The van der Waals surface area contributed by atoms with Crippen LogP contribution in [0.25, 0.3) is 0 Å². The molecule has 392 valence electrons. The molecule has 0 bridgehead atoms. The van der Waals surface area contributed by atoms with E-state index >= 15 is 0 Å². The van der Waals surface area contributed by atoms with Crippen LogP contribution in [0, 0.1) is 5.41 Å². The van der Waals surface area contributed by atoms with Crippen LogP contribution in [0.15, 0.2) is 243 Å². The van der Waals surface area contributed by atoms with Gasteiger partial charge in [-0.05, 0) is 0 Å². The minimum atomic E-state index is -4.93. The van der Waals surface area contributed by atoms with Gasteiger partial charge >= 0.3 is 373 Å². The SMILES string of the molecule is OCC(CO)(CO)CO.OP(O)(O)(c1ccccc1)c1ccccc1.OP(O)(O)(c1ccccc1)c1ccccc1.OP(O)(O)(c1ccccc1)c1ccccc1.OP(O)(O)(c1ccccc1)c1ccccc1. The summed E-state index contributed by atoms with van der Waals surface area (Å²) in [6, 6.07) is 64.6. The van der Waals surface area contributed by atoms with Crippen molar-refractivity contribution in [2.75, 3.05) is 26.4 Å². The zero-order chi connectivity index (χ0) is 54.0. The molecule has 0 amide bonds. The molecule has 0 aliphatic carbocycles. The summed E-state index contributed by atoms with van der Waals surface area (Å²) >= 11 is 0. The Balaban J connectivity index is 0.000000200. The van der Waals surface area contributed by atoms with Gasteiger partial charge in [-0.2, -0.15) is 0 Å². The molecule has 0 unspecified atom stereocenters. The Kier molecular flexibility index (Phi) is 20.2. The number of aliphatic hydroxyl groups is 4. The van der Waals surface area contributed by atoms with Gasteiger partial charge in [0.25, 0.3) is 0 Å². The van der Waals surface area contributed by atoms with Gasteiger partial charge in [0.15, 0.2) is 0 Å². The van der Waals surface area contributed by atoms with E-state index in [2.05, 4.69) is 0 Å². The quantitative estimate of drug-likeness (QED) is 0.0773. The topological polar surface area (TPSA) is 324 Å². The maximum atomic E-state index is 10.2. The standard InChI is InChI=1S/4C12H13O3P.C5H12O4/c4*13-16(14,15,11-7-3-1-4-8-11)12-9-5-2-6-10-12;6-1-5(2-7,3-8)4-9/h4*1-10,13-15H;6-9H,1-4H2. The number of rotatable bonds is 12. The summed E-state index contributed by atoms with van der Waals surface area (Å²) < 4.78 is 0. The molecule has 0 aliphatic heterocycles. The third-order valence-corrected chi connectivity index (χ3v) is 21.2. The van der Waals surface area contributed by atoms with Crippen LogP contribution in [-0.4, -0.2) is 106 Å². The third-order valence-electron chi connectivity index (χ3n) is 11.2. The average Bonchev–Trinajstić information content (AvgIpc) is 3.42.